The molecule has 0 amide bonds. The summed E-state index contributed by atoms with van der Waals surface area (Å²) in [5.41, 5.74) is 3.26. The summed E-state index contributed by atoms with van der Waals surface area (Å²) in [6, 6.07) is 12.3. The summed E-state index contributed by atoms with van der Waals surface area (Å²) in [6.07, 6.45) is 5.98. The van der Waals surface area contributed by atoms with Gasteiger partial charge in [-0.25, -0.2) is 15.0 Å². The summed E-state index contributed by atoms with van der Waals surface area (Å²) in [7, 11) is 1.64. The van der Waals surface area contributed by atoms with Gasteiger partial charge in [0.2, 0.25) is 5.88 Å². The molecule has 1 aliphatic rings. The lowest BCUT2D eigenvalue weighted by Gasteiger charge is -2.31. The molecule has 0 unspecified atom stereocenters. The summed E-state index contributed by atoms with van der Waals surface area (Å²) in [5, 5.41) is 1.11. The number of likely N-dealkylation sites (tertiary alicyclic amines) is 1. The van der Waals surface area contributed by atoms with Crippen LogP contribution >= 0.6 is 0 Å². The Bertz CT molecular complexity index is 842. The summed E-state index contributed by atoms with van der Waals surface area (Å²) in [5.74, 6) is 1.19. The highest BCUT2D eigenvalue weighted by atomic mass is 16.5. The van der Waals surface area contributed by atoms with E-state index in [0.29, 0.717) is 11.8 Å². The fraction of sp³-hybridized carbons (Fsp3) is 0.350. The van der Waals surface area contributed by atoms with Gasteiger partial charge in [-0.2, -0.15) is 0 Å². The van der Waals surface area contributed by atoms with Gasteiger partial charge in [0.1, 0.15) is 0 Å². The first-order valence-electron chi connectivity index (χ1n) is 8.75. The van der Waals surface area contributed by atoms with Crippen LogP contribution in [0.5, 0.6) is 5.88 Å². The molecule has 0 aromatic carbocycles. The number of ether oxygens (including phenoxy) is 1. The van der Waals surface area contributed by atoms with Gasteiger partial charge in [-0.15, -0.1) is 0 Å². The van der Waals surface area contributed by atoms with Crippen molar-refractivity contribution in [3.8, 4) is 5.88 Å². The van der Waals surface area contributed by atoms with Crippen LogP contribution in [0.2, 0.25) is 0 Å². The minimum absolute atomic E-state index is 0.525. The van der Waals surface area contributed by atoms with E-state index in [4.69, 9.17) is 9.72 Å². The van der Waals surface area contributed by atoms with E-state index in [1.165, 1.54) is 11.3 Å². The first-order chi connectivity index (χ1) is 12.3. The molecule has 5 heteroatoms. The zero-order valence-electron chi connectivity index (χ0n) is 14.4. The predicted molar refractivity (Wildman–Crippen MR) is 97.6 cm³/mol. The lowest BCUT2D eigenvalue weighted by atomic mass is 9.92. The highest BCUT2D eigenvalue weighted by Crippen LogP contribution is 2.28. The van der Waals surface area contributed by atoms with Gasteiger partial charge in [0.05, 0.1) is 7.11 Å². The average Bonchev–Trinajstić information content (AvgIpc) is 2.69. The number of methoxy groups -OCH3 is 1. The number of rotatable bonds is 4. The third-order valence-corrected chi connectivity index (χ3v) is 4.90. The molecule has 1 saturated heterocycles. The molecule has 0 N–H and O–H groups in total. The topological polar surface area (TPSA) is 51.1 Å². The van der Waals surface area contributed by atoms with E-state index in [0.717, 1.165) is 43.5 Å². The lowest BCUT2D eigenvalue weighted by molar-refractivity contribution is 0.203. The highest BCUT2D eigenvalue weighted by Gasteiger charge is 2.22. The number of piperidine rings is 1. The normalized spacial score (nSPS) is 16.2. The zero-order chi connectivity index (χ0) is 17.1. The van der Waals surface area contributed by atoms with Crippen LogP contribution in [0, 0.1) is 0 Å². The molecule has 4 rings (SSSR count). The number of hydrogen-bond acceptors (Lipinski definition) is 5. The van der Waals surface area contributed by atoms with Crippen molar-refractivity contribution in [2.45, 2.75) is 25.3 Å². The molecule has 3 aromatic heterocycles. The monoisotopic (exact) mass is 334 g/mol. The van der Waals surface area contributed by atoms with Crippen LogP contribution in [-0.2, 0) is 6.54 Å². The molecule has 3 aromatic rings. The molecule has 25 heavy (non-hydrogen) atoms. The highest BCUT2D eigenvalue weighted by molar-refractivity contribution is 5.74. The molecule has 0 aliphatic carbocycles. The molecular formula is C20H22N4O. The molecular weight excluding hydrogens is 312 g/mol. The van der Waals surface area contributed by atoms with Gasteiger partial charge in [-0.3, -0.25) is 4.90 Å². The summed E-state index contributed by atoms with van der Waals surface area (Å²) >= 11 is 0. The molecule has 1 fully saturated rings. The van der Waals surface area contributed by atoms with E-state index in [1.54, 1.807) is 7.11 Å². The first kappa shape index (κ1) is 16.0. The zero-order valence-corrected chi connectivity index (χ0v) is 14.4. The Hall–Kier alpha value is -2.53. The van der Waals surface area contributed by atoms with E-state index in [9.17, 15) is 0 Å². The Morgan fingerprint density at radius 2 is 1.96 bits per heavy atom. The van der Waals surface area contributed by atoms with Gasteiger partial charge in [0, 0.05) is 42.0 Å². The second kappa shape index (κ2) is 7.15. The molecule has 0 saturated carbocycles. The summed E-state index contributed by atoms with van der Waals surface area (Å²) in [4.78, 5) is 15.9. The van der Waals surface area contributed by atoms with Crippen molar-refractivity contribution in [2.24, 2.45) is 0 Å². The first-order valence-corrected chi connectivity index (χ1v) is 8.75. The molecule has 0 atom stereocenters. The number of pyridine rings is 3. The minimum Gasteiger partial charge on any atom is -0.481 e. The molecule has 4 heterocycles. The molecule has 0 spiro atoms. The van der Waals surface area contributed by atoms with Crippen molar-refractivity contribution in [3.05, 3.63) is 60.0 Å². The van der Waals surface area contributed by atoms with Crippen LogP contribution in [0.15, 0.2) is 48.8 Å². The SMILES string of the molecule is COc1ccc(CN2CCC(c3ccc4cccnc4n3)CC2)cn1. The lowest BCUT2D eigenvalue weighted by Crippen LogP contribution is -2.32. The molecule has 1 aliphatic heterocycles. The van der Waals surface area contributed by atoms with E-state index >= 15 is 0 Å². The van der Waals surface area contributed by atoms with Gasteiger partial charge in [-0.05, 0) is 55.8 Å². The molecule has 0 radical (unpaired) electrons. The Morgan fingerprint density at radius 1 is 1.08 bits per heavy atom. The Morgan fingerprint density at radius 3 is 2.72 bits per heavy atom. The maximum absolute atomic E-state index is 5.12. The quantitative estimate of drug-likeness (QED) is 0.732. The second-order valence-electron chi connectivity index (χ2n) is 6.55. The number of nitrogens with zero attached hydrogens (tertiary/aromatic N) is 4. The van der Waals surface area contributed by atoms with Crippen molar-refractivity contribution in [3.63, 3.8) is 0 Å². The number of aromatic nitrogens is 3. The minimum atomic E-state index is 0.525. The van der Waals surface area contributed by atoms with Gasteiger partial charge < -0.3 is 4.74 Å². The number of fused-ring (bicyclic) bond motifs is 1. The largest absolute Gasteiger partial charge is 0.481 e. The fourth-order valence-corrected chi connectivity index (χ4v) is 3.47. The van der Waals surface area contributed by atoms with E-state index in [2.05, 4.69) is 39.1 Å². The number of hydrogen-bond donors (Lipinski definition) is 0. The summed E-state index contributed by atoms with van der Waals surface area (Å²) < 4.78 is 5.12. The Balaban J connectivity index is 1.38. The Labute approximate surface area is 147 Å². The van der Waals surface area contributed by atoms with Crippen LogP contribution in [0.25, 0.3) is 11.0 Å². The van der Waals surface area contributed by atoms with Crippen LogP contribution in [0.4, 0.5) is 0 Å². The maximum Gasteiger partial charge on any atom is 0.212 e. The van der Waals surface area contributed by atoms with Crippen LogP contribution in [0.3, 0.4) is 0 Å². The predicted octanol–water partition coefficient (Wildman–Crippen LogP) is 3.41. The fourth-order valence-electron chi connectivity index (χ4n) is 3.47. The maximum atomic E-state index is 5.12. The third kappa shape index (κ3) is 3.61. The van der Waals surface area contributed by atoms with Crippen molar-refractivity contribution >= 4 is 11.0 Å². The third-order valence-electron chi connectivity index (χ3n) is 4.90. The van der Waals surface area contributed by atoms with Crippen LogP contribution < -0.4 is 4.74 Å². The standard InChI is InChI=1S/C20H22N4O/c1-25-19-7-4-15(13-22-19)14-24-11-8-16(9-12-24)18-6-5-17-3-2-10-21-20(17)23-18/h2-7,10,13,16H,8-9,11-12,14H2,1H3. The van der Waals surface area contributed by atoms with Gasteiger partial charge in [-0.1, -0.05) is 6.07 Å². The van der Waals surface area contributed by atoms with Crippen LogP contribution in [-0.4, -0.2) is 40.1 Å². The van der Waals surface area contributed by atoms with Gasteiger partial charge in [0.25, 0.3) is 0 Å². The Kier molecular flexibility index (Phi) is 4.57. The average molecular weight is 334 g/mol. The van der Waals surface area contributed by atoms with Crippen molar-refractivity contribution < 1.29 is 4.74 Å². The molecule has 128 valence electrons. The van der Waals surface area contributed by atoms with E-state index < -0.39 is 0 Å². The summed E-state index contributed by atoms with van der Waals surface area (Å²) in [6.45, 7) is 3.10. The van der Waals surface area contributed by atoms with Crippen molar-refractivity contribution in [1.29, 1.82) is 0 Å². The molecule has 5 nitrogen and oxygen atoms in total. The molecule has 0 bridgehead atoms. The van der Waals surface area contributed by atoms with Crippen LogP contribution in [0.1, 0.15) is 30.0 Å². The van der Waals surface area contributed by atoms with Crippen molar-refractivity contribution in [1.82, 2.24) is 19.9 Å². The van der Waals surface area contributed by atoms with E-state index in [-0.39, 0.29) is 0 Å². The smallest absolute Gasteiger partial charge is 0.212 e. The second-order valence-corrected chi connectivity index (χ2v) is 6.55. The van der Waals surface area contributed by atoms with Gasteiger partial charge >= 0.3 is 0 Å². The van der Waals surface area contributed by atoms with Gasteiger partial charge in [0.15, 0.2) is 5.65 Å². The van der Waals surface area contributed by atoms with Crippen molar-refractivity contribution in [2.75, 3.05) is 20.2 Å². The van der Waals surface area contributed by atoms with E-state index in [1.807, 2.05) is 24.5 Å².